The van der Waals surface area contributed by atoms with E-state index in [1.54, 1.807) is 0 Å². The highest BCUT2D eigenvalue weighted by Crippen LogP contribution is 2.35. The monoisotopic (exact) mass is 316 g/mol. The lowest BCUT2D eigenvalue weighted by Gasteiger charge is -2.26. The average molecular weight is 316 g/mol. The van der Waals surface area contributed by atoms with E-state index < -0.39 is 24.9 Å². The van der Waals surface area contributed by atoms with E-state index in [2.05, 4.69) is 5.32 Å². The number of rotatable bonds is 3. The molecule has 4 nitrogen and oxygen atoms in total. The van der Waals surface area contributed by atoms with E-state index in [4.69, 9.17) is 5.11 Å². The predicted molar refractivity (Wildman–Crippen MR) is 75.3 cm³/mol. The second-order valence-electron chi connectivity index (χ2n) is 5.75. The Kier molecular flexibility index (Phi) is 4.65. The van der Waals surface area contributed by atoms with Crippen LogP contribution in [0.25, 0.3) is 0 Å². The number of hydrogen-bond acceptors (Lipinski definition) is 2. The fourth-order valence-electron chi connectivity index (χ4n) is 2.70. The number of nitrogens with zero attached hydrogens (tertiary/aromatic N) is 1. The molecule has 1 aromatic carbocycles. The number of aliphatic hydroxyl groups excluding tert-OH is 1. The summed E-state index contributed by atoms with van der Waals surface area (Å²) in [5.41, 5.74) is 2.13. The smallest absolute Gasteiger partial charge is 0.382 e. The average Bonchev–Trinajstić information content (AvgIpc) is 2.74. The number of halogens is 3. The molecule has 0 fully saturated rings. The Morgan fingerprint density at radius 1 is 1.45 bits per heavy atom. The first-order chi connectivity index (χ1) is 10.2. The van der Waals surface area contributed by atoms with E-state index in [0.29, 0.717) is 0 Å². The lowest BCUT2D eigenvalue weighted by atomic mass is 10.0. The largest absolute Gasteiger partial charge is 0.416 e. The summed E-state index contributed by atoms with van der Waals surface area (Å²) in [7, 11) is 1.23. The highest BCUT2D eigenvalue weighted by atomic mass is 19.4. The first kappa shape index (κ1) is 16.6. The van der Waals surface area contributed by atoms with E-state index in [0.717, 1.165) is 22.4 Å². The quantitative estimate of drug-likeness (QED) is 0.900. The van der Waals surface area contributed by atoms with Crippen LogP contribution < -0.4 is 5.32 Å². The third-order valence-corrected chi connectivity index (χ3v) is 3.95. The summed E-state index contributed by atoms with van der Waals surface area (Å²) in [5.74, 6) is 0.169. The van der Waals surface area contributed by atoms with Crippen molar-refractivity contribution in [2.45, 2.75) is 31.7 Å². The van der Waals surface area contributed by atoms with Gasteiger partial charge in [0.15, 0.2) is 6.10 Å². The normalized spacial score (nSPS) is 22.1. The first-order valence-corrected chi connectivity index (χ1v) is 7.04. The third kappa shape index (κ3) is 3.52. The zero-order chi connectivity index (χ0) is 16.5. The van der Waals surface area contributed by atoms with Gasteiger partial charge in [-0.1, -0.05) is 31.2 Å². The number of carbonyl (C=O) groups is 1. The van der Waals surface area contributed by atoms with Crippen LogP contribution in [0.1, 0.15) is 24.1 Å². The third-order valence-electron chi connectivity index (χ3n) is 3.95. The maximum Gasteiger partial charge on any atom is 0.416 e. The molecule has 1 aliphatic carbocycles. The Morgan fingerprint density at radius 2 is 2.09 bits per heavy atom. The highest BCUT2D eigenvalue weighted by Gasteiger charge is 2.40. The van der Waals surface area contributed by atoms with Gasteiger partial charge in [0.05, 0.1) is 12.6 Å². The molecule has 0 heterocycles. The Bertz CT molecular complexity index is 548. The van der Waals surface area contributed by atoms with E-state index in [1.807, 2.05) is 31.2 Å². The summed E-state index contributed by atoms with van der Waals surface area (Å²) in [5, 5.41) is 11.8. The van der Waals surface area contributed by atoms with Gasteiger partial charge in [0.25, 0.3) is 0 Å². The lowest BCUT2D eigenvalue weighted by molar-refractivity contribution is -0.205. The second kappa shape index (κ2) is 6.16. The Morgan fingerprint density at radius 3 is 2.73 bits per heavy atom. The SMILES string of the molecule is C[C@@H]1Cc2ccccc2[C@H]1NC(=O)N(C)C[C@@H](O)C(F)(F)F. The number of aliphatic hydroxyl groups is 1. The number of carbonyl (C=O) groups excluding carboxylic acids is 1. The van der Waals surface area contributed by atoms with Crippen LogP contribution in [0, 0.1) is 5.92 Å². The molecule has 1 aliphatic rings. The molecule has 0 radical (unpaired) electrons. The van der Waals surface area contributed by atoms with Crippen molar-refractivity contribution >= 4 is 6.03 Å². The molecule has 0 aliphatic heterocycles. The first-order valence-electron chi connectivity index (χ1n) is 7.04. The molecular formula is C15H19F3N2O2. The molecular weight excluding hydrogens is 297 g/mol. The van der Waals surface area contributed by atoms with Crippen molar-refractivity contribution in [1.82, 2.24) is 10.2 Å². The topological polar surface area (TPSA) is 52.6 Å². The van der Waals surface area contributed by atoms with Gasteiger partial charge >= 0.3 is 12.2 Å². The fourth-order valence-corrected chi connectivity index (χ4v) is 2.70. The molecule has 3 atom stereocenters. The number of alkyl halides is 3. The molecule has 2 rings (SSSR count). The van der Waals surface area contributed by atoms with Crippen LogP contribution in [0.3, 0.4) is 0 Å². The molecule has 0 unspecified atom stereocenters. The molecule has 1 aromatic rings. The standard InChI is InChI=1S/C15H19F3N2O2/c1-9-7-10-5-3-4-6-11(10)13(9)19-14(22)20(2)8-12(21)15(16,17)18/h3-6,9,12-13,21H,7-8H2,1-2H3,(H,19,22)/t9-,12-,13+/m1/s1. The maximum absolute atomic E-state index is 12.3. The minimum atomic E-state index is -4.73. The van der Waals surface area contributed by atoms with Crippen LogP contribution in [-0.4, -0.2) is 41.9 Å². The minimum Gasteiger partial charge on any atom is -0.382 e. The van der Waals surface area contributed by atoms with Crippen LogP contribution in [0.5, 0.6) is 0 Å². The van der Waals surface area contributed by atoms with Gasteiger partial charge in [-0.05, 0) is 23.5 Å². The van der Waals surface area contributed by atoms with Gasteiger partial charge in [0.1, 0.15) is 0 Å². The summed E-state index contributed by atoms with van der Waals surface area (Å²) in [6.07, 6.45) is -6.46. The summed E-state index contributed by atoms with van der Waals surface area (Å²) >= 11 is 0. The Labute approximate surface area is 126 Å². The predicted octanol–water partition coefficient (Wildman–Crippen LogP) is 2.48. The summed E-state index contributed by atoms with van der Waals surface area (Å²) in [4.78, 5) is 12.9. The number of urea groups is 1. The Hall–Kier alpha value is -1.76. The molecule has 2 amide bonds. The molecule has 0 spiro atoms. The number of hydrogen-bond donors (Lipinski definition) is 2. The van der Waals surface area contributed by atoms with Gasteiger partial charge in [0, 0.05) is 7.05 Å². The zero-order valence-corrected chi connectivity index (χ0v) is 12.4. The zero-order valence-electron chi connectivity index (χ0n) is 12.4. The number of amides is 2. The van der Waals surface area contributed by atoms with Crippen molar-refractivity contribution in [3.8, 4) is 0 Å². The van der Waals surface area contributed by atoms with E-state index in [9.17, 15) is 18.0 Å². The van der Waals surface area contributed by atoms with Crippen LogP contribution in [-0.2, 0) is 6.42 Å². The maximum atomic E-state index is 12.3. The molecule has 0 bridgehead atoms. The number of nitrogens with one attached hydrogen (secondary N) is 1. The molecule has 2 N–H and O–H groups in total. The van der Waals surface area contributed by atoms with Crippen LogP contribution in [0.4, 0.5) is 18.0 Å². The van der Waals surface area contributed by atoms with E-state index in [1.165, 1.54) is 7.05 Å². The molecule has 22 heavy (non-hydrogen) atoms. The van der Waals surface area contributed by atoms with Gasteiger partial charge < -0.3 is 15.3 Å². The van der Waals surface area contributed by atoms with Gasteiger partial charge in [-0.15, -0.1) is 0 Å². The van der Waals surface area contributed by atoms with Crippen molar-refractivity contribution in [3.05, 3.63) is 35.4 Å². The van der Waals surface area contributed by atoms with Crippen molar-refractivity contribution in [2.75, 3.05) is 13.6 Å². The number of likely N-dealkylation sites (N-methyl/N-ethyl adjacent to an activating group) is 1. The lowest BCUT2D eigenvalue weighted by Crippen LogP contribution is -2.46. The van der Waals surface area contributed by atoms with Gasteiger partial charge in [0.2, 0.25) is 0 Å². The molecule has 122 valence electrons. The van der Waals surface area contributed by atoms with Gasteiger partial charge in [-0.2, -0.15) is 13.2 Å². The highest BCUT2D eigenvalue weighted by molar-refractivity contribution is 5.74. The fraction of sp³-hybridized carbons (Fsp3) is 0.533. The van der Waals surface area contributed by atoms with Gasteiger partial charge in [-0.25, -0.2) is 4.79 Å². The summed E-state index contributed by atoms with van der Waals surface area (Å²) < 4.78 is 37.0. The van der Waals surface area contributed by atoms with E-state index >= 15 is 0 Å². The van der Waals surface area contributed by atoms with Crippen LogP contribution in [0.15, 0.2) is 24.3 Å². The second-order valence-corrected chi connectivity index (χ2v) is 5.75. The van der Waals surface area contributed by atoms with Crippen LogP contribution >= 0.6 is 0 Å². The molecule has 0 saturated heterocycles. The van der Waals surface area contributed by atoms with Crippen LogP contribution in [0.2, 0.25) is 0 Å². The molecule has 0 aromatic heterocycles. The molecule has 7 heteroatoms. The number of benzene rings is 1. The summed E-state index contributed by atoms with van der Waals surface area (Å²) in [6, 6.07) is 6.82. The van der Waals surface area contributed by atoms with Gasteiger partial charge in [-0.3, -0.25) is 0 Å². The van der Waals surface area contributed by atoms with Crippen molar-refractivity contribution in [3.63, 3.8) is 0 Å². The van der Waals surface area contributed by atoms with Crippen molar-refractivity contribution in [1.29, 1.82) is 0 Å². The Balaban J connectivity index is 2.00. The summed E-state index contributed by atoms with van der Waals surface area (Å²) in [6.45, 7) is 1.19. The van der Waals surface area contributed by atoms with E-state index in [-0.39, 0.29) is 12.0 Å². The van der Waals surface area contributed by atoms with Crippen molar-refractivity contribution in [2.24, 2.45) is 5.92 Å². The van der Waals surface area contributed by atoms with Crippen molar-refractivity contribution < 1.29 is 23.1 Å². The number of fused-ring (bicyclic) bond motifs is 1. The minimum absolute atomic E-state index is 0.169. The molecule has 0 saturated carbocycles.